The van der Waals surface area contributed by atoms with Crippen molar-refractivity contribution >= 4 is 27.5 Å². The van der Waals surface area contributed by atoms with Gasteiger partial charge in [0.25, 0.3) is 0 Å². The molecule has 0 bridgehead atoms. The van der Waals surface area contributed by atoms with E-state index in [2.05, 4.69) is 25.9 Å². The van der Waals surface area contributed by atoms with Crippen LogP contribution in [-0.4, -0.2) is 9.97 Å². The van der Waals surface area contributed by atoms with Crippen molar-refractivity contribution in [3.63, 3.8) is 0 Å². The van der Waals surface area contributed by atoms with Gasteiger partial charge >= 0.3 is 0 Å². The van der Waals surface area contributed by atoms with Gasteiger partial charge in [-0.15, -0.1) is 0 Å². The lowest BCUT2D eigenvalue weighted by Crippen LogP contribution is -1.92. The number of ether oxygens (including phenoxy) is 1. The van der Waals surface area contributed by atoms with Crippen LogP contribution in [0.15, 0.2) is 29.0 Å². The van der Waals surface area contributed by atoms with Crippen molar-refractivity contribution in [3.05, 3.63) is 45.5 Å². The van der Waals surface area contributed by atoms with Crippen LogP contribution in [0.2, 0.25) is 5.15 Å². The fraction of sp³-hybridized carbons (Fsp3) is 0.0909. The zero-order chi connectivity index (χ0) is 12.4. The molecule has 0 aliphatic heterocycles. The Labute approximate surface area is 111 Å². The molecule has 0 fully saturated rings. The number of nitrogens with zero attached hydrogens (tertiary/aromatic N) is 2. The van der Waals surface area contributed by atoms with Gasteiger partial charge in [-0.05, 0) is 34.5 Å². The molecule has 0 N–H and O–H groups in total. The van der Waals surface area contributed by atoms with Crippen LogP contribution >= 0.6 is 27.5 Å². The summed E-state index contributed by atoms with van der Waals surface area (Å²) in [4.78, 5) is 7.67. The lowest BCUT2D eigenvalue weighted by Gasteiger charge is -2.07. The summed E-state index contributed by atoms with van der Waals surface area (Å²) in [6.07, 6.45) is 1.27. The molecular formula is C11H7BrClFN2O. The van der Waals surface area contributed by atoms with E-state index in [4.69, 9.17) is 16.3 Å². The van der Waals surface area contributed by atoms with Crippen molar-refractivity contribution in [2.75, 3.05) is 0 Å². The fourth-order valence-corrected chi connectivity index (χ4v) is 1.56. The summed E-state index contributed by atoms with van der Waals surface area (Å²) in [5.41, 5.74) is 0.553. The number of aryl methyl sites for hydroxylation is 1. The molecule has 1 aromatic carbocycles. The van der Waals surface area contributed by atoms with E-state index in [1.165, 1.54) is 12.4 Å². The van der Waals surface area contributed by atoms with Crippen molar-refractivity contribution in [2.45, 2.75) is 6.92 Å². The minimum absolute atomic E-state index is 0.239. The maximum absolute atomic E-state index is 13.3. The van der Waals surface area contributed by atoms with Crippen molar-refractivity contribution in [1.29, 1.82) is 0 Å². The summed E-state index contributed by atoms with van der Waals surface area (Å²) in [6, 6.07) is 4.57. The van der Waals surface area contributed by atoms with Gasteiger partial charge in [0.05, 0.1) is 0 Å². The van der Waals surface area contributed by atoms with E-state index in [-0.39, 0.29) is 16.9 Å². The summed E-state index contributed by atoms with van der Waals surface area (Å²) in [5.74, 6) is 0.260. The van der Waals surface area contributed by atoms with Gasteiger partial charge in [-0.25, -0.2) is 14.4 Å². The third kappa shape index (κ3) is 2.73. The van der Waals surface area contributed by atoms with Crippen LogP contribution in [0.4, 0.5) is 4.39 Å². The molecule has 0 saturated heterocycles. The zero-order valence-corrected chi connectivity index (χ0v) is 11.1. The Morgan fingerprint density at radius 1 is 1.35 bits per heavy atom. The molecule has 6 heteroatoms. The summed E-state index contributed by atoms with van der Waals surface area (Å²) >= 11 is 8.98. The van der Waals surface area contributed by atoms with E-state index in [0.29, 0.717) is 15.8 Å². The van der Waals surface area contributed by atoms with Gasteiger partial charge < -0.3 is 4.74 Å². The Morgan fingerprint density at radius 3 is 2.82 bits per heavy atom. The van der Waals surface area contributed by atoms with Crippen LogP contribution in [0.3, 0.4) is 0 Å². The largest absolute Gasteiger partial charge is 0.438 e. The first-order valence-corrected chi connectivity index (χ1v) is 5.85. The highest BCUT2D eigenvalue weighted by Crippen LogP contribution is 2.31. The second kappa shape index (κ2) is 4.98. The number of benzene rings is 1. The van der Waals surface area contributed by atoms with Crippen LogP contribution in [0.25, 0.3) is 0 Å². The topological polar surface area (TPSA) is 35.0 Å². The molecule has 17 heavy (non-hydrogen) atoms. The molecule has 0 aliphatic carbocycles. The van der Waals surface area contributed by atoms with E-state index >= 15 is 0 Å². The molecule has 0 spiro atoms. The third-order valence-corrected chi connectivity index (χ3v) is 3.30. The highest BCUT2D eigenvalue weighted by Gasteiger charge is 2.09. The van der Waals surface area contributed by atoms with Crippen LogP contribution in [-0.2, 0) is 0 Å². The standard InChI is InChI=1S/C11H7BrClFN2O/c1-6-2-3-7(4-8(6)14)17-11-9(12)10(13)15-5-16-11/h2-5H,1H3. The van der Waals surface area contributed by atoms with Gasteiger partial charge in [0.1, 0.15) is 22.4 Å². The van der Waals surface area contributed by atoms with E-state index in [9.17, 15) is 4.39 Å². The second-order valence-corrected chi connectivity index (χ2v) is 4.45. The van der Waals surface area contributed by atoms with Gasteiger partial charge in [-0.2, -0.15) is 0 Å². The molecule has 2 rings (SSSR count). The monoisotopic (exact) mass is 316 g/mol. The van der Waals surface area contributed by atoms with Gasteiger partial charge in [0.15, 0.2) is 5.15 Å². The Morgan fingerprint density at radius 2 is 2.12 bits per heavy atom. The quantitative estimate of drug-likeness (QED) is 0.781. The molecule has 0 amide bonds. The minimum Gasteiger partial charge on any atom is -0.438 e. The lowest BCUT2D eigenvalue weighted by atomic mass is 10.2. The second-order valence-electron chi connectivity index (χ2n) is 3.30. The van der Waals surface area contributed by atoms with Crippen LogP contribution in [0, 0.1) is 12.7 Å². The molecule has 3 nitrogen and oxygen atoms in total. The van der Waals surface area contributed by atoms with Crippen molar-refractivity contribution in [1.82, 2.24) is 9.97 Å². The first-order chi connectivity index (χ1) is 8.08. The molecule has 2 aromatic rings. The molecule has 0 aliphatic rings. The molecule has 88 valence electrons. The van der Waals surface area contributed by atoms with Crippen LogP contribution in [0.1, 0.15) is 5.56 Å². The first-order valence-electron chi connectivity index (χ1n) is 4.68. The first kappa shape index (κ1) is 12.3. The lowest BCUT2D eigenvalue weighted by molar-refractivity contribution is 0.453. The van der Waals surface area contributed by atoms with E-state index in [1.54, 1.807) is 19.1 Å². The van der Waals surface area contributed by atoms with Crippen molar-refractivity contribution < 1.29 is 9.13 Å². The number of rotatable bonds is 2. The highest BCUT2D eigenvalue weighted by atomic mass is 79.9. The summed E-state index contributed by atoms with van der Waals surface area (Å²) in [6.45, 7) is 1.68. The molecule has 1 heterocycles. The van der Waals surface area contributed by atoms with E-state index < -0.39 is 0 Å². The molecule has 0 unspecified atom stereocenters. The fourth-order valence-electron chi connectivity index (χ4n) is 1.15. The van der Waals surface area contributed by atoms with Gasteiger partial charge in [0, 0.05) is 6.07 Å². The van der Waals surface area contributed by atoms with Crippen molar-refractivity contribution in [2.24, 2.45) is 0 Å². The third-order valence-electron chi connectivity index (χ3n) is 2.07. The maximum Gasteiger partial charge on any atom is 0.238 e. The van der Waals surface area contributed by atoms with Crippen LogP contribution in [0.5, 0.6) is 11.6 Å². The molecule has 0 radical (unpaired) electrons. The Hall–Kier alpha value is -1.20. The van der Waals surface area contributed by atoms with Gasteiger partial charge in [-0.1, -0.05) is 17.7 Å². The average Bonchev–Trinajstić information content (AvgIpc) is 2.30. The van der Waals surface area contributed by atoms with E-state index in [1.807, 2.05) is 0 Å². The maximum atomic E-state index is 13.3. The number of hydrogen-bond donors (Lipinski definition) is 0. The summed E-state index contributed by atoms with van der Waals surface area (Å²) in [5, 5.41) is 0.239. The Kier molecular flexibility index (Phi) is 3.59. The Bertz CT molecular complexity index is 565. The summed E-state index contributed by atoms with van der Waals surface area (Å²) in [7, 11) is 0. The number of aromatic nitrogens is 2. The molecule has 0 saturated carbocycles. The average molecular weight is 318 g/mol. The Balaban J connectivity index is 2.31. The van der Waals surface area contributed by atoms with Gasteiger partial charge in [-0.3, -0.25) is 0 Å². The predicted octanol–water partition coefficient (Wildman–Crippen LogP) is 4.13. The highest BCUT2D eigenvalue weighted by molar-refractivity contribution is 9.10. The number of hydrogen-bond acceptors (Lipinski definition) is 3. The van der Waals surface area contributed by atoms with Crippen LogP contribution < -0.4 is 4.74 Å². The summed E-state index contributed by atoms with van der Waals surface area (Å²) < 4.78 is 19.1. The SMILES string of the molecule is Cc1ccc(Oc2ncnc(Cl)c2Br)cc1F. The smallest absolute Gasteiger partial charge is 0.238 e. The molecular weight excluding hydrogens is 310 g/mol. The van der Waals surface area contributed by atoms with Gasteiger partial charge in [0.2, 0.25) is 5.88 Å². The zero-order valence-electron chi connectivity index (χ0n) is 8.75. The normalized spacial score (nSPS) is 10.4. The van der Waals surface area contributed by atoms with E-state index in [0.717, 1.165) is 0 Å². The predicted molar refractivity (Wildman–Crippen MR) is 66.0 cm³/mol. The molecule has 1 aromatic heterocycles. The number of halogens is 3. The molecule has 0 atom stereocenters. The minimum atomic E-state index is -0.334. The van der Waals surface area contributed by atoms with Crippen molar-refractivity contribution in [3.8, 4) is 11.6 Å².